The molecule has 0 aliphatic carbocycles. The van der Waals surface area contributed by atoms with Crippen molar-refractivity contribution in [2.45, 2.75) is 32.7 Å². The van der Waals surface area contributed by atoms with Gasteiger partial charge in [0.1, 0.15) is 0 Å². The molecule has 0 saturated carbocycles. The Morgan fingerprint density at radius 1 is 1.58 bits per heavy atom. The molecule has 0 amide bonds. The van der Waals surface area contributed by atoms with Crippen molar-refractivity contribution in [2.75, 3.05) is 13.1 Å². The lowest BCUT2D eigenvalue weighted by Crippen LogP contribution is -2.49. The Bertz CT molecular complexity index is 132. The first-order valence-electron chi connectivity index (χ1n) is 4.60. The zero-order valence-electron chi connectivity index (χ0n) is 8.56. The Hall–Kier alpha value is -0.340. The Balaban J connectivity index is 3.94. The first kappa shape index (κ1) is 11.7. The van der Waals surface area contributed by atoms with Crippen molar-refractivity contribution < 1.29 is 0 Å². The van der Waals surface area contributed by atoms with E-state index >= 15 is 0 Å². The quantitative estimate of drug-likeness (QED) is 0.593. The van der Waals surface area contributed by atoms with E-state index < -0.39 is 0 Å². The van der Waals surface area contributed by atoms with Gasteiger partial charge in [-0.15, -0.1) is 6.58 Å². The van der Waals surface area contributed by atoms with Crippen LogP contribution in [0.15, 0.2) is 12.7 Å². The van der Waals surface area contributed by atoms with E-state index in [2.05, 4.69) is 32.7 Å². The normalized spacial score (nSPS) is 16.1. The molecule has 0 rings (SSSR count). The van der Waals surface area contributed by atoms with Crippen LogP contribution >= 0.6 is 0 Å². The highest BCUT2D eigenvalue weighted by atomic mass is 15.0. The van der Waals surface area contributed by atoms with Crippen molar-refractivity contribution in [2.24, 2.45) is 11.7 Å². The van der Waals surface area contributed by atoms with Crippen LogP contribution in [0.3, 0.4) is 0 Å². The molecule has 12 heavy (non-hydrogen) atoms. The predicted molar refractivity (Wildman–Crippen MR) is 55.1 cm³/mol. The summed E-state index contributed by atoms with van der Waals surface area (Å²) in [5, 5.41) is 3.38. The molecule has 1 atom stereocenters. The van der Waals surface area contributed by atoms with Gasteiger partial charge in [-0.25, -0.2) is 0 Å². The zero-order chi connectivity index (χ0) is 9.61. The van der Waals surface area contributed by atoms with Gasteiger partial charge in [-0.2, -0.15) is 0 Å². The highest BCUT2D eigenvalue weighted by Gasteiger charge is 2.21. The highest BCUT2D eigenvalue weighted by molar-refractivity contribution is 4.87. The molecule has 0 saturated heterocycles. The lowest BCUT2D eigenvalue weighted by atomic mass is 9.91. The van der Waals surface area contributed by atoms with Crippen LogP contribution < -0.4 is 11.1 Å². The summed E-state index contributed by atoms with van der Waals surface area (Å²) >= 11 is 0. The second kappa shape index (κ2) is 5.33. The maximum atomic E-state index is 5.70. The van der Waals surface area contributed by atoms with Crippen molar-refractivity contribution in [3.05, 3.63) is 12.7 Å². The van der Waals surface area contributed by atoms with Crippen LogP contribution in [0.4, 0.5) is 0 Å². The van der Waals surface area contributed by atoms with Crippen LogP contribution in [-0.4, -0.2) is 18.6 Å². The molecule has 0 aliphatic heterocycles. The van der Waals surface area contributed by atoms with Crippen LogP contribution in [0.2, 0.25) is 0 Å². The van der Waals surface area contributed by atoms with Crippen molar-refractivity contribution in [3.8, 4) is 0 Å². The van der Waals surface area contributed by atoms with Gasteiger partial charge < -0.3 is 11.1 Å². The minimum absolute atomic E-state index is 0.0718. The van der Waals surface area contributed by atoms with E-state index in [1.807, 2.05) is 6.08 Å². The second-order valence-electron chi connectivity index (χ2n) is 4.03. The number of nitrogens with one attached hydrogen (secondary N) is 1. The molecule has 1 unspecified atom stereocenters. The molecule has 0 aromatic rings. The minimum atomic E-state index is 0.0718. The molecule has 2 nitrogen and oxygen atoms in total. The van der Waals surface area contributed by atoms with Crippen LogP contribution in [0.25, 0.3) is 0 Å². The molecule has 0 aromatic heterocycles. The number of rotatable bonds is 6. The van der Waals surface area contributed by atoms with E-state index in [-0.39, 0.29) is 5.54 Å². The van der Waals surface area contributed by atoms with Gasteiger partial charge >= 0.3 is 0 Å². The highest BCUT2D eigenvalue weighted by Crippen LogP contribution is 2.14. The molecule has 0 spiro atoms. The Morgan fingerprint density at radius 2 is 2.17 bits per heavy atom. The summed E-state index contributed by atoms with van der Waals surface area (Å²) in [4.78, 5) is 0. The van der Waals surface area contributed by atoms with Gasteiger partial charge in [0.25, 0.3) is 0 Å². The first-order chi connectivity index (χ1) is 5.54. The van der Waals surface area contributed by atoms with Gasteiger partial charge in [-0.05, 0) is 19.3 Å². The average molecular weight is 170 g/mol. The number of hydrogen-bond acceptors (Lipinski definition) is 2. The molecule has 3 N–H and O–H groups in total. The lowest BCUT2D eigenvalue weighted by molar-refractivity contribution is 0.310. The van der Waals surface area contributed by atoms with E-state index in [9.17, 15) is 0 Å². The smallest absolute Gasteiger partial charge is 0.0280 e. The third-order valence-electron chi connectivity index (χ3n) is 1.98. The van der Waals surface area contributed by atoms with E-state index in [1.54, 1.807) is 0 Å². The molecule has 0 aliphatic rings. The van der Waals surface area contributed by atoms with E-state index in [1.165, 1.54) is 0 Å². The van der Waals surface area contributed by atoms with E-state index in [4.69, 9.17) is 5.73 Å². The van der Waals surface area contributed by atoms with Gasteiger partial charge in [0.15, 0.2) is 0 Å². The maximum Gasteiger partial charge on any atom is 0.0280 e. The van der Waals surface area contributed by atoms with Crippen LogP contribution in [0, 0.1) is 5.92 Å². The van der Waals surface area contributed by atoms with Crippen molar-refractivity contribution in [3.63, 3.8) is 0 Å². The summed E-state index contributed by atoms with van der Waals surface area (Å²) < 4.78 is 0. The minimum Gasteiger partial charge on any atom is -0.329 e. The van der Waals surface area contributed by atoms with Gasteiger partial charge in [0, 0.05) is 18.6 Å². The molecule has 0 bridgehead atoms. The fraction of sp³-hybridized carbons (Fsp3) is 0.800. The molecule has 2 heteroatoms. The van der Waals surface area contributed by atoms with Crippen molar-refractivity contribution in [1.82, 2.24) is 5.32 Å². The van der Waals surface area contributed by atoms with Crippen LogP contribution in [-0.2, 0) is 0 Å². The Morgan fingerprint density at radius 3 is 2.50 bits per heavy atom. The summed E-state index contributed by atoms with van der Waals surface area (Å²) in [5.74, 6) is 0.677. The summed E-state index contributed by atoms with van der Waals surface area (Å²) in [6.45, 7) is 11.8. The molecule has 0 heterocycles. The fourth-order valence-corrected chi connectivity index (χ4v) is 1.45. The van der Waals surface area contributed by atoms with Crippen LogP contribution in [0.5, 0.6) is 0 Å². The molecular formula is C10H22N2. The molecule has 72 valence electrons. The zero-order valence-corrected chi connectivity index (χ0v) is 8.56. The average Bonchev–Trinajstić information content (AvgIpc) is 2.00. The van der Waals surface area contributed by atoms with Crippen LogP contribution in [0.1, 0.15) is 27.2 Å². The maximum absolute atomic E-state index is 5.70. The topological polar surface area (TPSA) is 38.0 Å². The predicted octanol–water partition coefficient (Wildman–Crippen LogP) is 1.53. The van der Waals surface area contributed by atoms with Crippen molar-refractivity contribution >= 4 is 0 Å². The summed E-state index contributed by atoms with van der Waals surface area (Å²) in [6, 6.07) is 0. The molecule has 0 fully saturated rings. The Labute approximate surface area is 76.2 Å². The van der Waals surface area contributed by atoms with Gasteiger partial charge in [-0.1, -0.05) is 19.9 Å². The summed E-state index contributed by atoms with van der Waals surface area (Å²) in [5.41, 5.74) is 5.77. The molecular weight excluding hydrogens is 148 g/mol. The summed E-state index contributed by atoms with van der Waals surface area (Å²) in [6.07, 6.45) is 2.98. The van der Waals surface area contributed by atoms with Gasteiger partial charge in [-0.3, -0.25) is 0 Å². The van der Waals surface area contributed by atoms with Crippen molar-refractivity contribution in [1.29, 1.82) is 0 Å². The second-order valence-corrected chi connectivity index (χ2v) is 4.03. The number of hydrogen-bond donors (Lipinski definition) is 2. The lowest BCUT2D eigenvalue weighted by Gasteiger charge is -2.30. The molecule has 0 radical (unpaired) electrons. The van der Waals surface area contributed by atoms with Gasteiger partial charge in [0.05, 0.1) is 0 Å². The number of nitrogens with two attached hydrogens (primary N) is 1. The first-order valence-corrected chi connectivity index (χ1v) is 4.60. The SMILES string of the molecule is C=CCNC(C)(CN)CC(C)C. The summed E-state index contributed by atoms with van der Waals surface area (Å²) in [7, 11) is 0. The third kappa shape index (κ3) is 4.52. The molecule has 0 aromatic carbocycles. The standard InChI is InChI=1S/C10H22N2/c1-5-6-12-10(4,8-11)7-9(2)3/h5,9,12H,1,6-8,11H2,2-4H3. The Kier molecular flexibility index (Phi) is 5.18. The largest absolute Gasteiger partial charge is 0.329 e. The fourth-order valence-electron chi connectivity index (χ4n) is 1.45. The van der Waals surface area contributed by atoms with E-state index in [0.717, 1.165) is 13.0 Å². The van der Waals surface area contributed by atoms with E-state index in [0.29, 0.717) is 12.5 Å². The monoisotopic (exact) mass is 170 g/mol. The third-order valence-corrected chi connectivity index (χ3v) is 1.98. The van der Waals surface area contributed by atoms with Gasteiger partial charge in [0.2, 0.25) is 0 Å².